The lowest BCUT2D eigenvalue weighted by atomic mass is 9.99. The number of piperazine rings is 1. The summed E-state index contributed by atoms with van der Waals surface area (Å²) in [5.41, 5.74) is 2.61. The average Bonchev–Trinajstić information content (AvgIpc) is 3.43. The van der Waals surface area contributed by atoms with Crippen molar-refractivity contribution in [2.45, 2.75) is 31.3 Å². The number of nitrogens with zero attached hydrogens (tertiary/aromatic N) is 6. The Balaban J connectivity index is 1.53. The highest BCUT2D eigenvalue weighted by molar-refractivity contribution is 14.1. The van der Waals surface area contributed by atoms with Gasteiger partial charge in [0.05, 0.1) is 39.3 Å². The molecule has 14 heteroatoms. The van der Waals surface area contributed by atoms with E-state index in [2.05, 4.69) is 57.4 Å². The number of aromatic nitrogens is 2. The van der Waals surface area contributed by atoms with E-state index in [1.807, 2.05) is 6.07 Å². The number of hydrogen-bond donors (Lipinski definition) is 1. The molecule has 2 aromatic carbocycles. The predicted octanol–water partition coefficient (Wildman–Crippen LogP) is 6.26. The van der Waals surface area contributed by atoms with Gasteiger partial charge < -0.3 is 29.5 Å². The molecule has 3 aliphatic rings. The molecule has 3 aliphatic heterocycles. The van der Waals surface area contributed by atoms with E-state index in [1.54, 1.807) is 11.0 Å². The maximum absolute atomic E-state index is 12.6. The van der Waals surface area contributed by atoms with Gasteiger partial charge in [0, 0.05) is 52.3 Å². The van der Waals surface area contributed by atoms with Gasteiger partial charge >= 0.3 is 6.01 Å². The zero-order chi connectivity index (χ0) is 31.8. The third-order valence-electron chi connectivity index (χ3n) is 8.57. The van der Waals surface area contributed by atoms with E-state index in [-0.39, 0.29) is 30.4 Å². The van der Waals surface area contributed by atoms with Gasteiger partial charge in [0.1, 0.15) is 24.5 Å². The Hall–Kier alpha value is -2.76. The standard InChI is InChI=1S/C31H31Cl3IN7O3/c1-3-23(43)42-11-10-41(15-17(42)6-7-36)30-19-13-20(32)24-25-26(35)21(33)14-22(34)28(25)37-8-12-44-29(24)27(19)38-31(39-30)45-16-18-5-4-9-40(18)2/h3,13-14,17-18,37H,1,4-6,8-12,15-16H2,2H3/t17-,18-/m0/s1. The summed E-state index contributed by atoms with van der Waals surface area (Å²) in [4.78, 5) is 28.5. The van der Waals surface area contributed by atoms with E-state index in [9.17, 15) is 10.1 Å². The summed E-state index contributed by atoms with van der Waals surface area (Å²) in [6.45, 7) is 7.16. The monoisotopic (exact) mass is 781 g/mol. The molecule has 0 aliphatic carbocycles. The zero-order valence-corrected chi connectivity index (χ0v) is 29.0. The number of likely N-dealkylation sites (tertiary alicyclic amines) is 1. The van der Waals surface area contributed by atoms with E-state index >= 15 is 0 Å². The average molecular weight is 783 g/mol. The molecule has 0 unspecified atom stereocenters. The number of ether oxygens (including phenoxy) is 2. The molecule has 10 nitrogen and oxygen atoms in total. The number of likely N-dealkylation sites (N-methyl/N-ethyl adjacent to an activating group) is 1. The smallest absolute Gasteiger partial charge is 0.319 e. The summed E-state index contributed by atoms with van der Waals surface area (Å²) >= 11 is 22.6. The first kappa shape index (κ1) is 32.2. The van der Waals surface area contributed by atoms with Crippen LogP contribution in [0.4, 0.5) is 11.5 Å². The van der Waals surface area contributed by atoms with Crippen LogP contribution in [0.15, 0.2) is 24.8 Å². The van der Waals surface area contributed by atoms with Crippen molar-refractivity contribution >= 4 is 85.7 Å². The van der Waals surface area contributed by atoms with Crippen molar-refractivity contribution in [2.24, 2.45) is 0 Å². The first-order chi connectivity index (χ1) is 21.7. The summed E-state index contributed by atoms with van der Waals surface area (Å²) in [5, 5.41) is 15.0. The van der Waals surface area contributed by atoms with E-state index in [0.717, 1.165) is 28.5 Å². The molecule has 1 aromatic heterocycles. The lowest BCUT2D eigenvalue weighted by molar-refractivity contribution is -0.128. The van der Waals surface area contributed by atoms with Gasteiger partial charge in [-0.1, -0.05) is 41.4 Å². The van der Waals surface area contributed by atoms with Crippen LogP contribution in [0.1, 0.15) is 19.3 Å². The SMILES string of the molecule is C=CC(=O)N1CCN(c2nc(OC[C@@H]3CCCN3C)nc3c4c(c(Cl)cc23)-c2c(I)c(Cl)cc(Cl)c2NCCO4)C[C@@H]1CC#N. The topological polar surface area (TPSA) is 107 Å². The van der Waals surface area contributed by atoms with Crippen LogP contribution >= 0.6 is 57.4 Å². The molecular formula is C31H31Cl3IN7O3. The molecule has 4 heterocycles. The highest BCUT2D eigenvalue weighted by Gasteiger charge is 2.33. The highest BCUT2D eigenvalue weighted by Crippen LogP contribution is 2.51. The van der Waals surface area contributed by atoms with Gasteiger partial charge in [0.25, 0.3) is 0 Å². The molecule has 3 aromatic rings. The van der Waals surface area contributed by atoms with E-state index in [1.165, 1.54) is 6.08 Å². The molecule has 2 saturated heterocycles. The minimum atomic E-state index is -0.351. The molecule has 0 bridgehead atoms. The molecule has 45 heavy (non-hydrogen) atoms. The molecule has 1 N–H and O–H groups in total. The fourth-order valence-corrected chi connectivity index (χ4v) is 7.79. The van der Waals surface area contributed by atoms with E-state index in [4.69, 9.17) is 54.2 Å². The second-order valence-corrected chi connectivity index (χ2v) is 13.6. The lowest BCUT2D eigenvalue weighted by Gasteiger charge is -2.41. The van der Waals surface area contributed by atoms with Crippen LogP contribution in [-0.2, 0) is 4.79 Å². The number of hydrogen-bond acceptors (Lipinski definition) is 9. The van der Waals surface area contributed by atoms with Crippen LogP contribution in [0, 0.1) is 14.9 Å². The van der Waals surface area contributed by atoms with Crippen molar-refractivity contribution in [1.29, 1.82) is 5.26 Å². The third-order valence-corrected chi connectivity index (χ3v) is 10.9. The Bertz CT molecular complexity index is 1720. The molecule has 6 rings (SSSR count). The maximum Gasteiger partial charge on any atom is 0.319 e. The number of nitrogens with one attached hydrogen (secondary N) is 1. The van der Waals surface area contributed by atoms with Crippen molar-refractivity contribution in [1.82, 2.24) is 19.8 Å². The van der Waals surface area contributed by atoms with Crippen LogP contribution in [0.5, 0.6) is 11.8 Å². The molecule has 0 saturated carbocycles. The lowest BCUT2D eigenvalue weighted by Crippen LogP contribution is -2.55. The Morgan fingerprint density at radius 1 is 1.20 bits per heavy atom. The van der Waals surface area contributed by atoms with Crippen LogP contribution in [0.3, 0.4) is 0 Å². The normalized spacial score (nSPS) is 19.9. The number of carbonyl (C=O) groups is 1. The quantitative estimate of drug-likeness (QED) is 0.176. The Labute approximate surface area is 290 Å². The fraction of sp³-hybridized carbons (Fsp3) is 0.419. The number of nitriles is 1. The van der Waals surface area contributed by atoms with E-state index < -0.39 is 0 Å². The van der Waals surface area contributed by atoms with E-state index in [0.29, 0.717) is 88.2 Å². The van der Waals surface area contributed by atoms with Gasteiger partial charge in [-0.15, -0.1) is 0 Å². The number of halogens is 4. The minimum absolute atomic E-state index is 0.166. The van der Waals surface area contributed by atoms with Gasteiger partial charge in [-0.05, 0) is 67.2 Å². The van der Waals surface area contributed by atoms with Crippen molar-refractivity contribution in [2.75, 3.05) is 63.2 Å². The van der Waals surface area contributed by atoms with Crippen molar-refractivity contribution < 1.29 is 14.3 Å². The zero-order valence-electron chi connectivity index (χ0n) is 24.6. The summed E-state index contributed by atoms with van der Waals surface area (Å²) in [7, 11) is 2.09. The van der Waals surface area contributed by atoms with Gasteiger partial charge in [-0.3, -0.25) is 4.79 Å². The van der Waals surface area contributed by atoms with Gasteiger partial charge in [0.2, 0.25) is 5.91 Å². The third kappa shape index (κ3) is 6.20. The number of carbonyl (C=O) groups excluding carboxylic acids is 1. The summed E-state index contributed by atoms with van der Waals surface area (Å²) < 4.78 is 13.5. The second-order valence-electron chi connectivity index (χ2n) is 11.3. The molecule has 2 atom stereocenters. The Morgan fingerprint density at radius 2 is 2.02 bits per heavy atom. The summed E-state index contributed by atoms with van der Waals surface area (Å²) in [6, 6.07) is 5.89. The second kappa shape index (κ2) is 13.5. The molecular weight excluding hydrogens is 752 g/mol. The number of anilines is 2. The fourth-order valence-electron chi connectivity index (χ4n) is 6.28. The van der Waals surface area contributed by atoms with Gasteiger partial charge in [-0.2, -0.15) is 15.2 Å². The number of benzene rings is 2. The Morgan fingerprint density at radius 3 is 2.76 bits per heavy atom. The molecule has 0 spiro atoms. The van der Waals surface area contributed by atoms with Crippen molar-refractivity contribution in [3.63, 3.8) is 0 Å². The Kier molecular flexibility index (Phi) is 9.68. The maximum atomic E-state index is 12.6. The number of fused-ring (bicyclic) bond motifs is 5. The largest absolute Gasteiger partial charge is 0.489 e. The first-order valence-electron chi connectivity index (χ1n) is 14.7. The molecule has 1 amide bonds. The minimum Gasteiger partial charge on any atom is -0.489 e. The predicted molar refractivity (Wildman–Crippen MR) is 186 cm³/mol. The molecule has 2 fully saturated rings. The van der Waals surface area contributed by atoms with Crippen molar-refractivity contribution in [3.8, 4) is 29.0 Å². The van der Waals surface area contributed by atoms with Crippen LogP contribution in [0.2, 0.25) is 15.1 Å². The first-order valence-corrected chi connectivity index (χ1v) is 16.9. The summed E-state index contributed by atoms with van der Waals surface area (Å²) in [5.74, 6) is 0.872. The highest BCUT2D eigenvalue weighted by atomic mass is 127. The number of amides is 1. The molecule has 0 radical (unpaired) electrons. The van der Waals surface area contributed by atoms with Crippen LogP contribution < -0.4 is 19.7 Å². The van der Waals surface area contributed by atoms with Gasteiger partial charge in [-0.25, -0.2) is 0 Å². The van der Waals surface area contributed by atoms with Crippen LogP contribution in [0.25, 0.3) is 22.0 Å². The van der Waals surface area contributed by atoms with Gasteiger partial charge in [0.15, 0.2) is 5.75 Å². The van der Waals surface area contributed by atoms with Crippen molar-refractivity contribution in [3.05, 3.63) is 43.4 Å². The van der Waals surface area contributed by atoms with Crippen LogP contribution in [-0.4, -0.2) is 90.7 Å². The molecule has 236 valence electrons. The number of rotatable bonds is 6. The summed E-state index contributed by atoms with van der Waals surface area (Å²) in [6.07, 6.45) is 3.59.